The highest BCUT2D eigenvalue weighted by atomic mass is 16.5. The van der Waals surface area contributed by atoms with Crippen molar-refractivity contribution in [3.05, 3.63) is 29.8 Å². The molecule has 0 aliphatic carbocycles. The molecule has 6 heteroatoms. The van der Waals surface area contributed by atoms with Gasteiger partial charge in [-0.15, -0.1) is 0 Å². The predicted molar refractivity (Wildman–Crippen MR) is 63.9 cm³/mol. The van der Waals surface area contributed by atoms with Gasteiger partial charge in [-0.3, -0.25) is 4.79 Å². The lowest BCUT2D eigenvalue weighted by Crippen LogP contribution is -2.05. The molecule has 0 aliphatic heterocycles. The van der Waals surface area contributed by atoms with E-state index in [0.717, 1.165) is 6.92 Å². The number of ether oxygens (including phenoxy) is 1. The molecule has 0 spiro atoms. The fourth-order valence-corrected chi connectivity index (χ4v) is 1.02. The molecule has 0 fully saturated rings. The third kappa shape index (κ3) is 7.24. The molecule has 0 aromatic heterocycles. The number of carboxylic acid groups (broad SMARTS) is 2. The van der Waals surface area contributed by atoms with Crippen LogP contribution in [0.2, 0.25) is 0 Å². The molecule has 0 heterocycles. The highest BCUT2D eigenvalue weighted by Gasteiger charge is 2.09. The second-order valence-corrected chi connectivity index (χ2v) is 3.25. The lowest BCUT2D eigenvalue weighted by Gasteiger charge is -2.07. The van der Waals surface area contributed by atoms with Crippen LogP contribution in [-0.4, -0.2) is 40.5 Å². The summed E-state index contributed by atoms with van der Waals surface area (Å²) < 4.78 is 5.20. The third-order valence-corrected chi connectivity index (χ3v) is 1.68. The number of para-hydroxylation sites is 1. The van der Waals surface area contributed by atoms with Gasteiger partial charge in [0.05, 0.1) is 6.61 Å². The molecule has 6 nitrogen and oxygen atoms in total. The van der Waals surface area contributed by atoms with Gasteiger partial charge < -0.3 is 20.1 Å². The van der Waals surface area contributed by atoms with Gasteiger partial charge in [-0.1, -0.05) is 12.1 Å². The maximum absolute atomic E-state index is 10.7. The molecule has 1 aromatic carbocycles. The van der Waals surface area contributed by atoms with Crippen LogP contribution in [0.3, 0.4) is 0 Å². The summed E-state index contributed by atoms with van der Waals surface area (Å²) in [4.78, 5) is 19.7. The SMILES string of the molecule is CC(=O)O.O=C(O)c1ccccc1OCCCO. The summed E-state index contributed by atoms with van der Waals surface area (Å²) in [5.41, 5.74) is 0.144. The van der Waals surface area contributed by atoms with Crippen LogP contribution < -0.4 is 4.74 Å². The molecule has 0 unspecified atom stereocenters. The van der Waals surface area contributed by atoms with Crippen molar-refractivity contribution in [1.82, 2.24) is 0 Å². The molecular formula is C12H16O6. The Kier molecular flexibility index (Phi) is 7.96. The van der Waals surface area contributed by atoms with Gasteiger partial charge in [-0.05, 0) is 12.1 Å². The van der Waals surface area contributed by atoms with Crippen molar-refractivity contribution in [1.29, 1.82) is 0 Å². The minimum Gasteiger partial charge on any atom is -0.493 e. The minimum absolute atomic E-state index is 0.0369. The molecule has 0 saturated heterocycles. The van der Waals surface area contributed by atoms with Gasteiger partial charge in [-0.2, -0.15) is 0 Å². The zero-order chi connectivity index (χ0) is 14.0. The van der Waals surface area contributed by atoms with E-state index in [2.05, 4.69) is 0 Å². The maximum Gasteiger partial charge on any atom is 0.339 e. The summed E-state index contributed by atoms with van der Waals surface area (Å²) in [6, 6.07) is 6.43. The normalized spacial score (nSPS) is 9.00. The van der Waals surface area contributed by atoms with Crippen LogP contribution in [0.5, 0.6) is 5.75 Å². The molecule has 18 heavy (non-hydrogen) atoms. The van der Waals surface area contributed by atoms with Gasteiger partial charge in [0.15, 0.2) is 0 Å². The molecule has 0 saturated carbocycles. The second-order valence-electron chi connectivity index (χ2n) is 3.25. The molecule has 0 amide bonds. The van der Waals surface area contributed by atoms with Crippen molar-refractivity contribution >= 4 is 11.9 Å². The van der Waals surface area contributed by atoms with Crippen molar-refractivity contribution in [2.24, 2.45) is 0 Å². The smallest absolute Gasteiger partial charge is 0.339 e. The average Bonchev–Trinajstić information content (AvgIpc) is 2.29. The summed E-state index contributed by atoms with van der Waals surface area (Å²) in [5, 5.41) is 24.7. The quantitative estimate of drug-likeness (QED) is 0.684. The van der Waals surface area contributed by atoms with Gasteiger partial charge in [-0.25, -0.2) is 4.79 Å². The van der Waals surface area contributed by atoms with Gasteiger partial charge in [0.25, 0.3) is 5.97 Å². The molecule has 0 aliphatic rings. The standard InChI is InChI=1S/C10H12O4.C2H4O2/c11-6-3-7-14-9-5-2-1-4-8(9)10(12)13;1-2(3)4/h1-2,4-5,11H,3,6-7H2,(H,12,13);1H3,(H,3,4). The van der Waals surface area contributed by atoms with Crippen LogP contribution in [0, 0.1) is 0 Å². The summed E-state index contributed by atoms with van der Waals surface area (Å²) in [6.07, 6.45) is 0.494. The van der Waals surface area contributed by atoms with E-state index in [-0.39, 0.29) is 12.2 Å². The van der Waals surface area contributed by atoms with Crippen molar-refractivity contribution in [2.45, 2.75) is 13.3 Å². The molecule has 100 valence electrons. The van der Waals surface area contributed by atoms with Crippen LogP contribution in [-0.2, 0) is 4.79 Å². The number of carbonyl (C=O) groups is 2. The van der Waals surface area contributed by atoms with Gasteiger partial charge in [0.2, 0.25) is 0 Å². The first-order valence-corrected chi connectivity index (χ1v) is 5.24. The average molecular weight is 256 g/mol. The third-order valence-electron chi connectivity index (χ3n) is 1.68. The van der Waals surface area contributed by atoms with E-state index in [4.69, 9.17) is 24.9 Å². The van der Waals surface area contributed by atoms with Crippen LogP contribution in [0.1, 0.15) is 23.7 Å². The number of carboxylic acids is 2. The topological polar surface area (TPSA) is 104 Å². The summed E-state index contributed by atoms with van der Waals surface area (Å²) >= 11 is 0. The molecule has 1 aromatic rings. The zero-order valence-electron chi connectivity index (χ0n) is 10.00. The molecule has 0 radical (unpaired) electrons. The van der Waals surface area contributed by atoms with Crippen molar-refractivity contribution < 1.29 is 29.6 Å². The lowest BCUT2D eigenvalue weighted by atomic mass is 10.2. The molecular weight excluding hydrogens is 240 g/mol. The molecule has 1 rings (SSSR count). The van der Waals surface area contributed by atoms with E-state index >= 15 is 0 Å². The number of hydrogen-bond donors (Lipinski definition) is 3. The first kappa shape index (κ1) is 15.9. The fourth-order valence-electron chi connectivity index (χ4n) is 1.02. The van der Waals surface area contributed by atoms with E-state index < -0.39 is 11.9 Å². The van der Waals surface area contributed by atoms with Crippen LogP contribution >= 0.6 is 0 Å². The minimum atomic E-state index is -1.01. The molecule has 0 atom stereocenters. The van der Waals surface area contributed by atoms with Gasteiger partial charge in [0.1, 0.15) is 11.3 Å². The Balaban J connectivity index is 0.000000631. The Hall–Kier alpha value is -2.08. The highest BCUT2D eigenvalue weighted by Crippen LogP contribution is 2.17. The van der Waals surface area contributed by atoms with Crippen LogP contribution in [0.4, 0.5) is 0 Å². The first-order chi connectivity index (χ1) is 8.49. The van der Waals surface area contributed by atoms with Crippen LogP contribution in [0.25, 0.3) is 0 Å². The van der Waals surface area contributed by atoms with Crippen molar-refractivity contribution in [3.63, 3.8) is 0 Å². The van der Waals surface area contributed by atoms with E-state index in [1.807, 2.05) is 0 Å². The number of benzene rings is 1. The van der Waals surface area contributed by atoms with E-state index in [1.54, 1.807) is 18.2 Å². The summed E-state index contributed by atoms with van der Waals surface area (Å²) in [6.45, 7) is 1.44. The largest absolute Gasteiger partial charge is 0.493 e. The predicted octanol–water partition coefficient (Wildman–Crippen LogP) is 1.24. The number of aliphatic hydroxyl groups excluding tert-OH is 1. The number of aliphatic hydroxyl groups is 1. The number of rotatable bonds is 5. The Labute approximate surface area is 104 Å². The monoisotopic (exact) mass is 256 g/mol. The maximum atomic E-state index is 10.7. The van der Waals surface area contributed by atoms with E-state index in [0.29, 0.717) is 18.8 Å². The molecule has 3 N–H and O–H groups in total. The number of aliphatic carboxylic acids is 1. The Morgan fingerprint density at radius 1 is 1.22 bits per heavy atom. The Morgan fingerprint density at radius 2 is 1.78 bits per heavy atom. The summed E-state index contributed by atoms with van der Waals surface area (Å²) in [5.74, 6) is -1.50. The van der Waals surface area contributed by atoms with Gasteiger partial charge >= 0.3 is 5.97 Å². The molecule has 0 bridgehead atoms. The van der Waals surface area contributed by atoms with E-state index in [1.165, 1.54) is 6.07 Å². The fraction of sp³-hybridized carbons (Fsp3) is 0.333. The lowest BCUT2D eigenvalue weighted by molar-refractivity contribution is -0.134. The van der Waals surface area contributed by atoms with Gasteiger partial charge in [0, 0.05) is 20.0 Å². The number of hydrogen-bond acceptors (Lipinski definition) is 4. The summed E-state index contributed by atoms with van der Waals surface area (Å²) in [7, 11) is 0. The van der Waals surface area contributed by atoms with Crippen molar-refractivity contribution in [2.75, 3.05) is 13.2 Å². The first-order valence-electron chi connectivity index (χ1n) is 5.24. The van der Waals surface area contributed by atoms with Crippen LogP contribution in [0.15, 0.2) is 24.3 Å². The van der Waals surface area contributed by atoms with Crippen molar-refractivity contribution in [3.8, 4) is 5.75 Å². The Bertz CT molecular complexity index is 384. The van der Waals surface area contributed by atoms with E-state index in [9.17, 15) is 4.79 Å². The highest BCUT2D eigenvalue weighted by molar-refractivity contribution is 5.90. The second kappa shape index (κ2) is 9.00. The number of aromatic carboxylic acids is 1. The zero-order valence-corrected chi connectivity index (χ0v) is 10.00. The Morgan fingerprint density at radius 3 is 2.28 bits per heavy atom.